The average Bonchev–Trinajstić information content (AvgIpc) is 3.08. The van der Waals surface area contributed by atoms with Crippen LogP contribution < -0.4 is 15.4 Å². The van der Waals surface area contributed by atoms with Gasteiger partial charge in [-0.1, -0.05) is 19.9 Å². The van der Waals surface area contributed by atoms with Crippen molar-refractivity contribution >= 4 is 5.96 Å². The number of aromatic nitrogens is 1. The molecule has 24 heavy (non-hydrogen) atoms. The first kappa shape index (κ1) is 18.5. The molecule has 6 heteroatoms. The van der Waals surface area contributed by atoms with Gasteiger partial charge in [-0.25, -0.2) is 4.98 Å². The summed E-state index contributed by atoms with van der Waals surface area (Å²) in [5.74, 6) is 1.52. The van der Waals surface area contributed by atoms with Crippen molar-refractivity contribution in [2.24, 2.45) is 4.99 Å². The number of aliphatic imine (C=N–C) groups is 1. The van der Waals surface area contributed by atoms with Crippen LogP contribution in [0.4, 0.5) is 0 Å². The highest BCUT2D eigenvalue weighted by Gasteiger charge is 2.22. The van der Waals surface area contributed by atoms with Gasteiger partial charge in [0.15, 0.2) is 5.96 Å². The average molecular weight is 333 g/mol. The maximum Gasteiger partial charge on any atom is 0.213 e. The van der Waals surface area contributed by atoms with Crippen LogP contribution in [0, 0.1) is 0 Å². The van der Waals surface area contributed by atoms with E-state index in [-0.39, 0.29) is 0 Å². The van der Waals surface area contributed by atoms with Crippen LogP contribution in [0.15, 0.2) is 23.3 Å². The van der Waals surface area contributed by atoms with Gasteiger partial charge in [-0.05, 0) is 37.9 Å². The molecular formula is C18H31N5O. The predicted molar refractivity (Wildman–Crippen MR) is 98.5 cm³/mol. The molecule has 2 rings (SSSR count). The Morgan fingerprint density at radius 1 is 1.38 bits per heavy atom. The molecule has 134 valence electrons. The molecule has 0 aromatic carbocycles. The minimum Gasteiger partial charge on any atom is -0.478 e. The Morgan fingerprint density at radius 3 is 2.92 bits per heavy atom. The van der Waals surface area contributed by atoms with Gasteiger partial charge in [0, 0.05) is 38.4 Å². The third-order valence-corrected chi connectivity index (χ3v) is 4.35. The lowest BCUT2D eigenvalue weighted by Crippen LogP contribution is -2.44. The highest BCUT2D eigenvalue weighted by atomic mass is 16.5. The molecule has 6 nitrogen and oxygen atoms in total. The van der Waals surface area contributed by atoms with Crippen molar-refractivity contribution in [3.63, 3.8) is 0 Å². The summed E-state index contributed by atoms with van der Waals surface area (Å²) in [5, 5.41) is 6.78. The molecule has 0 aliphatic carbocycles. The van der Waals surface area contributed by atoms with E-state index in [1.165, 1.54) is 19.4 Å². The third-order valence-electron chi connectivity index (χ3n) is 4.35. The van der Waals surface area contributed by atoms with E-state index in [9.17, 15) is 0 Å². The number of likely N-dealkylation sites (tertiary alicyclic amines) is 1. The highest BCUT2D eigenvalue weighted by molar-refractivity contribution is 5.79. The number of nitrogens with one attached hydrogen (secondary N) is 2. The molecule has 1 unspecified atom stereocenters. The monoisotopic (exact) mass is 333 g/mol. The van der Waals surface area contributed by atoms with E-state index in [1.54, 1.807) is 0 Å². The van der Waals surface area contributed by atoms with Crippen LogP contribution in [0.1, 0.15) is 38.7 Å². The molecule has 1 aliphatic rings. The molecule has 0 saturated carbocycles. The number of ether oxygens (including phenoxy) is 1. The second-order valence-electron chi connectivity index (χ2n) is 6.08. The van der Waals surface area contributed by atoms with Gasteiger partial charge in [0.05, 0.1) is 6.61 Å². The topological polar surface area (TPSA) is 61.8 Å². The largest absolute Gasteiger partial charge is 0.478 e. The Labute approximate surface area is 145 Å². The first-order valence-electron chi connectivity index (χ1n) is 9.03. The summed E-state index contributed by atoms with van der Waals surface area (Å²) in [6.45, 7) is 8.99. The summed E-state index contributed by atoms with van der Waals surface area (Å²) in [5.41, 5.74) is 1.11. The number of pyridine rings is 1. The van der Waals surface area contributed by atoms with Crippen LogP contribution in [0.5, 0.6) is 5.88 Å². The number of hydrogen-bond acceptors (Lipinski definition) is 4. The molecule has 2 heterocycles. The maximum absolute atomic E-state index is 5.50. The zero-order valence-corrected chi connectivity index (χ0v) is 15.2. The summed E-state index contributed by atoms with van der Waals surface area (Å²) >= 11 is 0. The third kappa shape index (κ3) is 5.67. The summed E-state index contributed by atoms with van der Waals surface area (Å²) < 4.78 is 5.50. The van der Waals surface area contributed by atoms with Crippen LogP contribution in [0.2, 0.25) is 0 Å². The van der Waals surface area contributed by atoms with Gasteiger partial charge in [0.1, 0.15) is 0 Å². The SMILES string of the molecule is CCCOc1ccc(CNC(=NC)NCC2CCCN2CC)cn1. The molecule has 1 aliphatic heterocycles. The Kier molecular flexibility index (Phi) is 7.82. The summed E-state index contributed by atoms with van der Waals surface area (Å²) in [6.07, 6.45) is 5.40. The van der Waals surface area contributed by atoms with E-state index in [4.69, 9.17) is 4.74 Å². The van der Waals surface area contributed by atoms with Gasteiger partial charge in [-0.3, -0.25) is 9.89 Å². The fraction of sp³-hybridized carbons (Fsp3) is 0.667. The molecule has 1 fully saturated rings. The molecule has 0 bridgehead atoms. The summed E-state index contributed by atoms with van der Waals surface area (Å²) in [6, 6.07) is 4.57. The molecule has 1 aromatic heterocycles. The van der Waals surface area contributed by atoms with E-state index in [0.717, 1.165) is 31.0 Å². The van der Waals surface area contributed by atoms with Crippen molar-refractivity contribution in [1.29, 1.82) is 0 Å². The Bertz CT molecular complexity index is 503. The first-order valence-corrected chi connectivity index (χ1v) is 9.03. The number of rotatable bonds is 8. The fourth-order valence-electron chi connectivity index (χ4n) is 2.97. The second-order valence-corrected chi connectivity index (χ2v) is 6.08. The molecule has 1 saturated heterocycles. The van der Waals surface area contributed by atoms with Crippen molar-refractivity contribution in [2.75, 3.05) is 33.3 Å². The number of likely N-dealkylation sites (N-methyl/N-ethyl adjacent to an activating group) is 1. The molecule has 0 radical (unpaired) electrons. The second kappa shape index (κ2) is 10.1. The number of hydrogen-bond donors (Lipinski definition) is 2. The van der Waals surface area contributed by atoms with Gasteiger partial charge in [-0.2, -0.15) is 0 Å². The van der Waals surface area contributed by atoms with Gasteiger partial charge >= 0.3 is 0 Å². The summed E-state index contributed by atoms with van der Waals surface area (Å²) in [7, 11) is 1.81. The van der Waals surface area contributed by atoms with Crippen molar-refractivity contribution in [3.8, 4) is 5.88 Å². The standard InChI is InChI=1S/C18H31N5O/c1-4-11-24-17-9-8-15(12-20-17)13-21-18(19-3)22-14-16-7-6-10-23(16)5-2/h8-9,12,16H,4-7,10-11,13-14H2,1-3H3,(H2,19,21,22). The fourth-order valence-corrected chi connectivity index (χ4v) is 2.97. The Balaban J connectivity index is 1.75. The lowest BCUT2D eigenvalue weighted by molar-refractivity contribution is 0.267. The van der Waals surface area contributed by atoms with Crippen LogP contribution >= 0.6 is 0 Å². The number of guanidine groups is 1. The van der Waals surface area contributed by atoms with E-state index in [1.807, 2.05) is 25.4 Å². The molecule has 1 aromatic rings. The van der Waals surface area contributed by atoms with Crippen LogP contribution in [0.25, 0.3) is 0 Å². The van der Waals surface area contributed by atoms with Gasteiger partial charge in [0.2, 0.25) is 5.88 Å². The van der Waals surface area contributed by atoms with Crippen molar-refractivity contribution in [3.05, 3.63) is 23.9 Å². The normalized spacial score (nSPS) is 18.6. The van der Waals surface area contributed by atoms with Crippen molar-refractivity contribution < 1.29 is 4.74 Å². The zero-order valence-electron chi connectivity index (χ0n) is 15.2. The van der Waals surface area contributed by atoms with Gasteiger partial charge < -0.3 is 15.4 Å². The quantitative estimate of drug-likeness (QED) is 0.563. The minimum absolute atomic E-state index is 0.616. The maximum atomic E-state index is 5.50. The smallest absolute Gasteiger partial charge is 0.213 e. The van der Waals surface area contributed by atoms with E-state index < -0.39 is 0 Å². The summed E-state index contributed by atoms with van der Waals surface area (Å²) in [4.78, 5) is 11.2. The van der Waals surface area contributed by atoms with Crippen LogP contribution in [-0.4, -0.2) is 55.2 Å². The molecule has 0 spiro atoms. The van der Waals surface area contributed by atoms with Crippen LogP contribution in [0.3, 0.4) is 0 Å². The van der Waals surface area contributed by atoms with Gasteiger partial charge in [0.25, 0.3) is 0 Å². The van der Waals surface area contributed by atoms with Crippen molar-refractivity contribution in [2.45, 2.75) is 45.7 Å². The Hall–Kier alpha value is -1.82. The first-order chi connectivity index (χ1) is 11.8. The number of nitrogens with zero attached hydrogens (tertiary/aromatic N) is 3. The Morgan fingerprint density at radius 2 is 2.25 bits per heavy atom. The van der Waals surface area contributed by atoms with Crippen molar-refractivity contribution in [1.82, 2.24) is 20.5 Å². The molecular weight excluding hydrogens is 302 g/mol. The minimum atomic E-state index is 0.616. The van der Waals surface area contributed by atoms with Crippen LogP contribution in [-0.2, 0) is 6.54 Å². The van der Waals surface area contributed by atoms with E-state index >= 15 is 0 Å². The highest BCUT2D eigenvalue weighted by Crippen LogP contribution is 2.15. The molecule has 0 amide bonds. The molecule has 1 atom stereocenters. The predicted octanol–water partition coefficient (Wildman–Crippen LogP) is 2.02. The lowest BCUT2D eigenvalue weighted by atomic mass is 10.2. The van der Waals surface area contributed by atoms with Gasteiger partial charge in [-0.15, -0.1) is 0 Å². The van der Waals surface area contributed by atoms with E-state index in [0.29, 0.717) is 25.1 Å². The zero-order chi connectivity index (χ0) is 17.2. The van der Waals surface area contributed by atoms with E-state index in [2.05, 4.69) is 39.4 Å². The molecule has 2 N–H and O–H groups in total. The lowest BCUT2D eigenvalue weighted by Gasteiger charge is -2.24.